The molecule has 4 nitrogen and oxygen atoms in total. The Hall–Kier alpha value is -1.03. The van der Waals surface area contributed by atoms with Crippen LogP contribution in [0, 0.1) is 0 Å². The number of nitrogens with zero attached hydrogens (tertiary/aromatic N) is 3. The SMILES string of the molecule is CC[n+]1cccn1N1CCNCC1. The number of hydrogen-bond acceptors (Lipinski definition) is 2. The molecule has 1 N–H and O–H groups in total. The average molecular weight is 181 g/mol. The van der Waals surface area contributed by atoms with Crippen molar-refractivity contribution in [1.82, 2.24) is 10.1 Å². The van der Waals surface area contributed by atoms with Crippen LogP contribution in [0.25, 0.3) is 0 Å². The molecule has 1 fully saturated rings. The first kappa shape index (κ1) is 8.56. The third-order valence-electron chi connectivity index (χ3n) is 2.45. The molecule has 0 aliphatic carbocycles. The summed E-state index contributed by atoms with van der Waals surface area (Å²) < 4.78 is 2.21. The molecule has 0 bridgehead atoms. The van der Waals surface area contributed by atoms with Crippen LogP contribution in [0.1, 0.15) is 6.92 Å². The van der Waals surface area contributed by atoms with Crippen molar-refractivity contribution in [1.29, 1.82) is 0 Å². The van der Waals surface area contributed by atoms with Gasteiger partial charge in [0.05, 0.1) is 6.20 Å². The number of aromatic nitrogens is 2. The van der Waals surface area contributed by atoms with Gasteiger partial charge in [-0.25, -0.2) is 0 Å². The molecule has 0 atom stereocenters. The lowest BCUT2D eigenvalue weighted by Crippen LogP contribution is -2.58. The Bertz CT molecular complexity index is 262. The van der Waals surface area contributed by atoms with Gasteiger partial charge in [-0.15, -0.1) is 0 Å². The zero-order valence-corrected chi connectivity index (χ0v) is 8.11. The Morgan fingerprint density at radius 3 is 2.85 bits per heavy atom. The van der Waals surface area contributed by atoms with E-state index in [0.717, 1.165) is 32.7 Å². The lowest BCUT2D eigenvalue weighted by molar-refractivity contribution is -0.772. The van der Waals surface area contributed by atoms with Gasteiger partial charge in [0.2, 0.25) is 0 Å². The van der Waals surface area contributed by atoms with E-state index in [1.54, 1.807) is 0 Å². The molecule has 0 radical (unpaired) electrons. The van der Waals surface area contributed by atoms with Gasteiger partial charge < -0.3 is 5.32 Å². The van der Waals surface area contributed by atoms with E-state index in [9.17, 15) is 0 Å². The fourth-order valence-electron chi connectivity index (χ4n) is 1.73. The second kappa shape index (κ2) is 3.79. The van der Waals surface area contributed by atoms with E-state index < -0.39 is 0 Å². The molecule has 0 saturated carbocycles. The van der Waals surface area contributed by atoms with E-state index in [1.807, 2.05) is 0 Å². The summed E-state index contributed by atoms with van der Waals surface area (Å²) in [5.41, 5.74) is 0. The quantitative estimate of drug-likeness (QED) is 0.612. The summed E-state index contributed by atoms with van der Waals surface area (Å²) in [5.74, 6) is 0. The first-order valence-electron chi connectivity index (χ1n) is 4.95. The molecule has 4 heteroatoms. The van der Waals surface area contributed by atoms with Crippen molar-refractivity contribution in [2.75, 3.05) is 31.2 Å². The molecule has 0 aromatic carbocycles. The highest BCUT2D eigenvalue weighted by Crippen LogP contribution is 1.91. The minimum absolute atomic E-state index is 1.02. The molecular formula is C9H17N4+. The Morgan fingerprint density at radius 2 is 2.15 bits per heavy atom. The highest BCUT2D eigenvalue weighted by atomic mass is 15.7. The van der Waals surface area contributed by atoms with Crippen molar-refractivity contribution in [3.63, 3.8) is 0 Å². The molecule has 0 amide bonds. The summed E-state index contributed by atoms with van der Waals surface area (Å²) in [4.78, 5) is 2.21. The maximum absolute atomic E-state index is 3.35. The maximum atomic E-state index is 3.35. The summed E-state index contributed by atoms with van der Waals surface area (Å²) in [6.45, 7) is 7.54. The molecular weight excluding hydrogens is 164 g/mol. The number of hydrogen-bond donors (Lipinski definition) is 1. The molecule has 1 saturated heterocycles. The van der Waals surface area contributed by atoms with E-state index in [1.165, 1.54) is 0 Å². The molecule has 13 heavy (non-hydrogen) atoms. The number of aryl methyl sites for hydroxylation is 1. The van der Waals surface area contributed by atoms with Crippen molar-refractivity contribution in [3.8, 4) is 0 Å². The normalized spacial score (nSPS) is 17.8. The van der Waals surface area contributed by atoms with Crippen LogP contribution in [-0.2, 0) is 6.54 Å². The van der Waals surface area contributed by atoms with E-state index >= 15 is 0 Å². The van der Waals surface area contributed by atoms with Crippen LogP contribution in [0.3, 0.4) is 0 Å². The van der Waals surface area contributed by atoms with E-state index in [2.05, 4.69) is 45.2 Å². The fourth-order valence-corrected chi connectivity index (χ4v) is 1.73. The largest absolute Gasteiger partial charge is 0.309 e. The Morgan fingerprint density at radius 1 is 1.38 bits per heavy atom. The van der Waals surface area contributed by atoms with Crippen LogP contribution in [0.4, 0.5) is 0 Å². The lowest BCUT2D eigenvalue weighted by Gasteiger charge is -2.23. The Balaban J connectivity index is 2.13. The predicted molar refractivity (Wildman–Crippen MR) is 51.1 cm³/mol. The highest BCUT2D eigenvalue weighted by Gasteiger charge is 2.17. The summed E-state index contributed by atoms with van der Waals surface area (Å²) in [6, 6.07) is 2.09. The summed E-state index contributed by atoms with van der Waals surface area (Å²) in [6.07, 6.45) is 4.23. The minimum atomic E-state index is 1.02. The van der Waals surface area contributed by atoms with Gasteiger partial charge >= 0.3 is 0 Å². The highest BCUT2D eigenvalue weighted by molar-refractivity contribution is 4.88. The second-order valence-corrected chi connectivity index (χ2v) is 3.27. The van der Waals surface area contributed by atoms with Gasteiger partial charge in [-0.3, -0.25) is 0 Å². The van der Waals surface area contributed by atoms with Crippen molar-refractivity contribution in [2.45, 2.75) is 13.5 Å². The van der Waals surface area contributed by atoms with Gasteiger partial charge in [0.25, 0.3) is 0 Å². The molecule has 2 heterocycles. The third-order valence-corrected chi connectivity index (χ3v) is 2.45. The molecule has 1 aromatic rings. The molecule has 0 unspecified atom stereocenters. The first-order valence-corrected chi connectivity index (χ1v) is 4.95. The van der Waals surface area contributed by atoms with E-state index in [4.69, 9.17) is 0 Å². The van der Waals surface area contributed by atoms with Crippen LogP contribution in [-0.4, -0.2) is 31.0 Å². The van der Waals surface area contributed by atoms with Crippen molar-refractivity contribution >= 4 is 0 Å². The van der Waals surface area contributed by atoms with Crippen LogP contribution >= 0.6 is 0 Å². The minimum Gasteiger partial charge on any atom is -0.309 e. The number of piperazine rings is 1. The van der Waals surface area contributed by atoms with Crippen LogP contribution in [0.5, 0.6) is 0 Å². The first-order chi connectivity index (χ1) is 6.42. The van der Waals surface area contributed by atoms with Crippen LogP contribution in [0.15, 0.2) is 18.5 Å². The van der Waals surface area contributed by atoms with E-state index in [-0.39, 0.29) is 0 Å². The standard InChI is InChI=1S/C9H17N4/c1-2-11-6-3-7-13(11)12-8-4-10-5-9-12/h3,6-7,10H,2,4-5,8-9H2,1H3/q+1. The molecule has 1 aliphatic rings. The van der Waals surface area contributed by atoms with Crippen LogP contribution < -0.4 is 15.0 Å². The average Bonchev–Trinajstić information content (AvgIpc) is 2.67. The topological polar surface area (TPSA) is 24.1 Å². The zero-order chi connectivity index (χ0) is 9.10. The van der Waals surface area contributed by atoms with Crippen LogP contribution in [0.2, 0.25) is 0 Å². The summed E-state index contributed by atoms with van der Waals surface area (Å²) >= 11 is 0. The van der Waals surface area contributed by atoms with Gasteiger partial charge in [-0.05, 0) is 6.92 Å². The van der Waals surface area contributed by atoms with E-state index in [0.29, 0.717) is 0 Å². The van der Waals surface area contributed by atoms with Gasteiger partial charge in [0.1, 0.15) is 25.8 Å². The molecule has 0 spiro atoms. The molecule has 1 aliphatic heterocycles. The molecule has 72 valence electrons. The number of nitrogens with one attached hydrogen (secondary N) is 1. The second-order valence-electron chi connectivity index (χ2n) is 3.27. The predicted octanol–water partition coefficient (Wildman–Crippen LogP) is -0.663. The smallest absolute Gasteiger partial charge is 0.118 e. The maximum Gasteiger partial charge on any atom is 0.118 e. The summed E-state index contributed by atoms with van der Waals surface area (Å²) in [7, 11) is 0. The van der Waals surface area contributed by atoms with Gasteiger partial charge in [-0.2, -0.15) is 9.69 Å². The fraction of sp³-hybridized carbons (Fsp3) is 0.667. The van der Waals surface area contributed by atoms with Gasteiger partial charge in [0.15, 0.2) is 0 Å². The van der Waals surface area contributed by atoms with Crippen molar-refractivity contribution in [3.05, 3.63) is 18.5 Å². The van der Waals surface area contributed by atoms with Gasteiger partial charge in [0, 0.05) is 19.2 Å². The molecule has 2 rings (SSSR count). The number of rotatable bonds is 2. The zero-order valence-electron chi connectivity index (χ0n) is 8.11. The monoisotopic (exact) mass is 181 g/mol. The van der Waals surface area contributed by atoms with Gasteiger partial charge in [-0.1, -0.05) is 4.79 Å². The van der Waals surface area contributed by atoms with Crippen molar-refractivity contribution in [2.24, 2.45) is 0 Å². The van der Waals surface area contributed by atoms with Crippen molar-refractivity contribution < 1.29 is 4.68 Å². The summed E-state index contributed by atoms with van der Waals surface area (Å²) in [5, 5.41) is 5.71. The lowest BCUT2D eigenvalue weighted by atomic mass is 10.4. The Kier molecular flexibility index (Phi) is 2.49. The third kappa shape index (κ3) is 1.67. The molecule has 1 aromatic heterocycles. The Labute approximate surface area is 78.7 Å².